The normalized spacial score (nSPS) is 10.2. The van der Waals surface area contributed by atoms with Crippen LogP contribution in [0.5, 0.6) is 0 Å². The molecular weight excluding hydrogens is 332 g/mol. The lowest BCUT2D eigenvalue weighted by Crippen LogP contribution is -2.26. The third kappa shape index (κ3) is 4.46. The zero-order chi connectivity index (χ0) is 15.4. The highest BCUT2D eigenvalue weighted by molar-refractivity contribution is 7.09. The number of carbonyl (C=O) groups is 1. The van der Waals surface area contributed by atoms with Crippen molar-refractivity contribution in [2.45, 2.75) is 13.0 Å². The molecule has 0 saturated heterocycles. The van der Waals surface area contributed by atoms with Gasteiger partial charge in [0.1, 0.15) is 5.69 Å². The molecule has 1 heterocycles. The van der Waals surface area contributed by atoms with Gasteiger partial charge in [-0.1, -0.05) is 6.07 Å². The van der Waals surface area contributed by atoms with Gasteiger partial charge in [-0.15, -0.1) is 23.7 Å². The number of hydrogen-bond donors (Lipinski definition) is 1. The minimum atomic E-state index is -0.924. The first-order chi connectivity index (χ1) is 10.0. The van der Waals surface area contributed by atoms with E-state index in [1.807, 2.05) is 0 Å². The lowest BCUT2D eigenvalue weighted by atomic mass is 10.2. The minimum absolute atomic E-state index is 0. The van der Waals surface area contributed by atoms with Crippen LogP contribution in [0.2, 0.25) is 0 Å². The van der Waals surface area contributed by atoms with Gasteiger partial charge < -0.3 is 10.6 Å². The predicted octanol–water partition coefficient (Wildman–Crippen LogP) is 2.62. The van der Waals surface area contributed by atoms with Crippen molar-refractivity contribution < 1.29 is 13.6 Å². The van der Waals surface area contributed by atoms with E-state index in [-0.39, 0.29) is 24.9 Å². The molecule has 4 nitrogen and oxygen atoms in total. The standard InChI is InChI=1S/C14H15F2N3OS.ClH/c1-19(7-9-2-3-10(15)11(16)6-9)14(20)12-8-21-13(18-12)4-5-17;/h2-3,6,8H,4-5,7,17H2,1H3;1H. The average Bonchev–Trinajstić information content (AvgIpc) is 2.91. The van der Waals surface area contributed by atoms with Gasteiger partial charge in [0.05, 0.1) is 5.01 Å². The Morgan fingerprint density at radius 1 is 1.36 bits per heavy atom. The first-order valence-electron chi connectivity index (χ1n) is 6.35. The van der Waals surface area contributed by atoms with Gasteiger partial charge in [0.25, 0.3) is 5.91 Å². The van der Waals surface area contributed by atoms with E-state index in [0.29, 0.717) is 24.2 Å². The van der Waals surface area contributed by atoms with Gasteiger partial charge in [-0.2, -0.15) is 0 Å². The first kappa shape index (κ1) is 18.5. The van der Waals surface area contributed by atoms with Crippen molar-refractivity contribution >= 4 is 29.7 Å². The molecule has 8 heteroatoms. The molecule has 0 aliphatic rings. The lowest BCUT2D eigenvalue weighted by Gasteiger charge is -2.16. The Labute approximate surface area is 137 Å². The zero-order valence-electron chi connectivity index (χ0n) is 11.9. The van der Waals surface area contributed by atoms with Crippen LogP contribution in [0.1, 0.15) is 21.1 Å². The summed E-state index contributed by atoms with van der Waals surface area (Å²) >= 11 is 1.38. The van der Waals surface area contributed by atoms with Gasteiger partial charge >= 0.3 is 0 Å². The van der Waals surface area contributed by atoms with E-state index < -0.39 is 11.6 Å². The average molecular weight is 348 g/mol. The number of nitrogens with two attached hydrogens (primary N) is 1. The maximum Gasteiger partial charge on any atom is 0.273 e. The van der Waals surface area contributed by atoms with Crippen molar-refractivity contribution in [3.8, 4) is 0 Å². The van der Waals surface area contributed by atoms with E-state index in [4.69, 9.17) is 5.73 Å². The fourth-order valence-electron chi connectivity index (χ4n) is 1.83. The SMILES string of the molecule is CN(Cc1ccc(F)c(F)c1)C(=O)c1csc(CCN)n1.Cl. The van der Waals surface area contributed by atoms with Crippen molar-refractivity contribution in [3.05, 3.63) is 51.5 Å². The number of rotatable bonds is 5. The number of carbonyl (C=O) groups excluding carboxylic acids is 1. The van der Waals surface area contributed by atoms with Crippen LogP contribution in [0, 0.1) is 11.6 Å². The fourth-order valence-corrected chi connectivity index (χ4v) is 2.61. The van der Waals surface area contributed by atoms with E-state index in [9.17, 15) is 13.6 Å². The highest BCUT2D eigenvalue weighted by Crippen LogP contribution is 2.14. The fraction of sp³-hybridized carbons (Fsp3) is 0.286. The quantitative estimate of drug-likeness (QED) is 0.904. The van der Waals surface area contributed by atoms with Crippen LogP contribution in [-0.2, 0) is 13.0 Å². The zero-order valence-corrected chi connectivity index (χ0v) is 13.5. The summed E-state index contributed by atoms with van der Waals surface area (Å²) in [6.45, 7) is 0.658. The topological polar surface area (TPSA) is 59.2 Å². The summed E-state index contributed by atoms with van der Waals surface area (Å²) < 4.78 is 26.0. The van der Waals surface area contributed by atoms with Crippen LogP contribution in [-0.4, -0.2) is 29.4 Å². The largest absolute Gasteiger partial charge is 0.336 e. The molecule has 0 bridgehead atoms. The molecule has 0 unspecified atom stereocenters. The molecule has 0 aliphatic heterocycles. The Bertz CT molecular complexity index is 651. The Kier molecular flexibility index (Phi) is 6.86. The number of nitrogens with zero attached hydrogens (tertiary/aromatic N) is 2. The third-order valence-electron chi connectivity index (χ3n) is 2.88. The van der Waals surface area contributed by atoms with Gasteiger partial charge in [0.2, 0.25) is 0 Å². The van der Waals surface area contributed by atoms with E-state index in [2.05, 4.69) is 4.98 Å². The van der Waals surface area contributed by atoms with Crippen LogP contribution in [0.3, 0.4) is 0 Å². The van der Waals surface area contributed by atoms with Crippen molar-refractivity contribution in [1.29, 1.82) is 0 Å². The number of aromatic nitrogens is 1. The Balaban J connectivity index is 0.00000242. The summed E-state index contributed by atoms with van der Waals surface area (Å²) in [5.41, 5.74) is 6.30. The van der Waals surface area contributed by atoms with Gasteiger partial charge in [0.15, 0.2) is 11.6 Å². The van der Waals surface area contributed by atoms with Crippen LogP contribution < -0.4 is 5.73 Å². The smallest absolute Gasteiger partial charge is 0.273 e. The summed E-state index contributed by atoms with van der Waals surface area (Å²) in [7, 11) is 1.59. The number of benzene rings is 1. The summed E-state index contributed by atoms with van der Waals surface area (Å²) in [5.74, 6) is -2.09. The van der Waals surface area contributed by atoms with Gasteiger partial charge in [0, 0.05) is 25.4 Å². The molecular formula is C14H16ClF2N3OS. The predicted molar refractivity (Wildman–Crippen MR) is 84.3 cm³/mol. The lowest BCUT2D eigenvalue weighted by molar-refractivity contribution is 0.0779. The number of halogens is 3. The highest BCUT2D eigenvalue weighted by Gasteiger charge is 2.16. The molecule has 120 valence electrons. The minimum Gasteiger partial charge on any atom is -0.336 e. The molecule has 0 fully saturated rings. The van der Waals surface area contributed by atoms with Crippen LogP contribution in [0.25, 0.3) is 0 Å². The Morgan fingerprint density at radius 2 is 2.09 bits per heavy atom. The maximum absolute atomic E-state index is 13.1. The molecule has 1 aromatic carbocycles. The van der Waals surface area contributed by atoms with Crippen LogP contribution >= 0.6 is 23.7 Å². The second kappa shape index (κ2) is 8.17. The number of amides is 1. The Hall–Kier alpha value is -1.57. The van der Waals surface area contributed by atoms with E-state index in [0.717, 1.165) is 17.1 Å². The second-order valence-corrected chi connectivity index (χ2v) is 5.52. The maximum atomic E-state index is 13.1. The van der Waals surface area contributed by atoms with Gasteiger partial charge in [-0.3, -0.25) is 4.79 Å². The highest BCUT2D eigenvalue weighted by atomic mass is 35.5. The molecule has 0 atom stereocenters. The molecule has 2 N–H and O–H groups in total. The molecule has 2 aromatic rings. The molecule has 0 radical (unpaired) electrons. The molecule has 1 aromatic heterocycles. The summed E-state index contributed by atoms with van der Waals surface area (Å²) in [4.78, 5) is 17.8. The monoisotopic (exact) mass is 347 g/mol. The third-order valence-corrected chi connectivity index (χ3v) is 3.79. The molecule has 0 spiro atoms. The summed E-state index contributed by atoms with van der Waals surface area (Å²) in [6, 6.07) is 3.58. The van der Waals surface area contributed by atoms with Crippen LogP contribution in [0.4, 0.5) is 8.78 Å². The summed E-state index contributed by atoms with van der Waals surface area (Å²) in [5, 5.41) is 2.48. The van der Waals surface area contributed by atoms with E-state index in [1.165, 1.54) is 22.3 Å². The second-order valence-electron chi connectivity index (χ2n) is 4.57. The van der Waals surface area contributed by atoms with Crippen LogP contribution in [0.15, 0.2) is 23.6 Å². The van der Waals surface area contributed by atoms with Gasteiger partial charge in [-0.25, -0.2) is 13.8 Å². The van der Waals surface area contributed by atoms with Crippen molar-refractivity contribution in [2.75, 3.05) is 13.6 Å². The van der Waals surface area contributed by atoms with Crippen molar-refractivity contribution in [2.24, 2.45) is 5.73 Å². The van der Waals surface area contributed by atoms with Gasteiger partial charge in [-0.05, 0) is 24.2 Å². The first-order valence-corrected chi connectivity index (χ1v) is 7.23. The molecule has 0 aliphatic carbocycles. The molecule has 2 rings (SSSR count). The molecule has 22 heavy (non-hydrogen) atoms. The van der Waals surface area contributed by atoms with Crippen molar-refractivity contribution in [3.63, 3.8) is 0 Å². The molecule has 1 amide bonds. The summed E-state index contributed by atoms with van der Waals surface area (Å²) in [6.07, 6.45) is 0.630. The molecule has 0 saturated carbocycles. The van der Waals surface area contributed by atoms with E-state index >= 15 is 0 Å². The van der Waals surface area contributed by atoms with Crippen molar-refractivity contribution in [1.82, 2.24) is 9.88 Å². The number of hydrogen-bond acceptors (Lipinski definition) is 4. The van der Waals surface area contributed by atoms with E-state index in [1.54, 1.807) is 12.4 Å². The Morgan fingerprint density at radius 3 is 2.73 bits per heavy atom. The number of thiazole rings is 1.